The number of hydrogen-bond donors (Lipinski definition) is 1. The van der Waals surface area contributed by atoms with Crippen molar-refractivity contribution in [3.8, 4) is 0 Å². The molecule has 0 bridgehead atoms. The first-order chi connectivity index (χ1) is 11.2. The van der Waals surface area contributed by atoms with Gasteiger partial charge in [-0.2, -0.15) is 0 Å². The quantitative estimate of drug-likeness (QED) is 0.940. The maximum Gasteiger partial charge on any atom is 0.255 e. The van der Waals surface area contributed by atoms with Gasteiger partial charge in [-0.3, -0.25) is 4.79 Å². The standard InChI is InChI=1S/C17H20N4O2/c1-11-9-14(20-23-11)15-3-2-8-21(15)17(22)12-4-7-16(18-10-12)19-13-5-6-13/h4,7,9-10,13,15H,2-3,5-6,8H2,1H3,(H,18,19). The fraction of sp³-hybridized carbons (Fsp3) is 0.471. The van der Waals surface area contributed by atoms with E-state index in [4.69, 9.17) is 4.52 Å². The summed E-state index contributed by atoms with van der Waals surface area (Å²) in [5.74, 6) is 1.63. The highest BCUT2D eigenvalue weighted by molar-refractivity contribution is 5.94. The van der Waals surface area contributed by atoms with Crippen LogP contribution in [-0.4, -0.2) is 33.5 Å². The second kappa shape index (κ2) is 5.68. The van der Waals surface area contributed by atoms with Crippen LogP contribution < -0.4 is 5.32 Å². The van der Waals surface area contributed by atoms with Crippen LogP contribution >= 0.6 is 0 Å². The molecule has 1 unspecified atom stereocenters. The topological polar surface area (TPSA) is 71.3 Å². The first-order valence-electron chi connectivity index (χ1n) is 8.17. The third kappa shape index (κ3) is 2.93. The lowest BCUT2D eigenvalue weighted by molar-refractivity contribution is 0.0730. The maximum atomic E-state index is 12.8. The minimum Gasteiger partial charge on any atom is -0.367 e. The van der Waals surface area contributed by atoms with Crippen LogP contribution in [0.3, 0.4) is 0 Å². The van der Waals surface area contributed by atoms with Crippen molar-refractivity contribution >= 4 is 11.7 Å². The average molecular weight is 312 g/mol. The SMILES string of the molecule is Cc1cc(C2CCCN2C(=O)c2ccc(NC3CC3)nc2)no1. The monoisotopic (exact) mass is 312 g/mol. The highest BCUT2D eigenvalue weighted by Gasteiger charge is 2.32. The van der Waals surface area contributed by atoms with Gasteiger partial charge in [0, 0.05) is 24.8 Å². The minimum atomic E-state index is 0.00390. The number of pyridine rings is 1. The Morgan fingerprint density at radius 1 is 1.35 bits per heavy atom. The molecule has 1 aliphatic heterocycles. The fourth-order valence-corrected chi connectivity index (χ4v) is 3.07. The number of nitrogens with zero attached hydrogens (tertiary/aromatic N) is 3. The van der Waals surface area contributed by atoms with E-state index in [0.29, 0.717) is 11.6 Å². The highest BCUT2D eigenvalue weighted by Crippen LogP contribution is 2.32. The van der Waals surface area contributed by atoms with Gasteiger partial charge in [0.2, 0.25) is 0 Å². The maximum absolute atomic E-state index is 12.8. The molecule has 2 aliphatic rings. The van der Waals surface area contributed by atoms with E-state index in [1.807, 2.05) is 30.0 Å². The largest absolute Gasteiger partial charge is 0.367 e. The van der Waals surface area contributed by atoms with Crippen molar-refractivity contribution in [3.05, 3.63) is 41.4 Å². The molecule has 1 aliphatic carbocycles. The Labute approximate surface area is 134 Å². The summed E-state index contributed by atoms with van der Waals surface area (Å²) >= 11 is 0. The molecule has 0 aromatic carbocycles. The van der Waals surface area contributed by atoms with Crippen LogP contribution in [0.15, 0.2) is 28.9 Å². The molecule has 0 radical (unpaired) electrons. The van der Waals surface area contributed by atoms with E-state index < -0.39 is 0 Å². The van der Waals surface area contributed by atoms with E-state index in [2.05, 4.69) is 15.5 Å². The highest BCUT2D eigenvalue weighted by atomic mass is 16.5. The number of hydrogen-bond acceptors (Lipinski definition) is 5. The number of nitrogens with one attached hydrogen (secondary N) is 1. The van der Waals surface area contributed by atoms with Gasteiger partial charge in [0.15, 0.2) is 0 Å². The fourth-order valence-electron chi connectivity index (χ4n) is 3.07. The van der Waals surface area contributed by atoms with Gasteiger partial charge in [0.25, 0.3) is 5.91 Å². The van der Waals surface area contributed by atoms with Crippen molar-refractivity contribution in [3.63, 3.8) is 0 Å². The molecule has 6 heteroatoms. The van der Waals surface area contributed by atoms with Crippen LogP contribution in [0.5, 0.6) is 0 Å². The summed E-state index contributed by atoms with van der Waals surface area (Å²) in [4.78, 5) is 19.0. The Hall–Kier alpha value is -2.37. The molecule has 2 aromatic heterocycles. The van der Waals surface area contributed by atoms with Gasteiger partial charge in [-0.1, -0.05) is 5.16 Å². The van der Waals surface area contributed by atoms with Crippen molar-refractivity contribution in [2.24, 2.45) is 0 Å². The van der Waals surface area contributed by atoms with E-state index in [1.165, 1.54) is 12.8 Å². The molecule has 2 aromatic rings. The number of carbonyl (C=O) groups excluding carboxylic acids is 1. The zero-order chi connectivity index (χ0) is 15.8. The molecule has 2 fully saturated rings. The molecule has 0 spiro atoms. The van der Waals surface area contributed by atoms with Crippen molar-refractivity contribution in [1.82, 2.24) is 15.0 Å². The molecule has 120 valence electrons. The van der Waals surface area contributed by atoms with Crippen molar-refractivity contribution in [2.45, 2.75) is 44.7 Å². The number of aromatic nitrogens is 2. The van der Waals surface area contributed by atoms with Crippen molar-refractivity contribution < 1.29 is 9.32 Å². The molecule has 3 heterocycles. The first-order valence-corrected chi connectivity index (χ1v) is 8.17. The number of amides is 1. The lowest BCUT2D eigenvalue weighted by Crippen LogP contribution is -2.30. The minimum absolute atomic E-state index is 0.00390. The van der Waals surface area contributed by atoms with Crippen LogP contribution in [0.25, 0.3) is 0 Å². The van der Waals surface area contributed by atoms with Gasteiger partial charge in [-0.05, 0) is 44.7 Å². The second-order valence-corrected chi connectivity index (χ2v) is 6.37. The van der Waals surface area contributed by atoms with Crippen molar-refractivity contribution in [1.29, 1.82) is 0 Å². The van der Waals surface area contributed by atoms with Crippen LogP contribution in [0.1, 0.15) is 53.5 Å². The van der Waals surface area contributed by atoms with Gasteiger partial charge < -0.3 is 14.7 Å². The number of aryl methyl sites for hydroxylation is 1. The molecule has 1 atom stereocenters. The second-order valence-electron chi connectivity index (χ2n) is 6.37. The smallest absolute Gasteiger partial charge is 0.255 e. The molecule has 1 saturated heterocycles. The number of likely N-dealkylation sites (tertiary alicyclic amines) is 1. The molecule has 4 rings (SSSR count). The number of carbonyl (C=O) groups is 1. The lowest BCUT2D eigenvalue weighted by Gasteiger charge is -2.23. The van der Waals surface area contributed by atoms with Crippen LogP contribution in [0.4, 0.5) is 5.82 Å². The summed E-state index contributed by atoms with van der Waals surface area (Å²) in [6.45, 7) is 2.62. The first kappa shape index (κ1) is 14.2. The molecular formula is C17H20N4O2. The predicted molar refractivity (Wildman–Crippen MR) is 85.1 cm³/mol. The Balaban J connectivity index is 1.50. The van der Waals surface area contributed by atoms with E-state index in [1.54, 1.807) is 6.20 Å². The van der Waals surface area contributed by atoms with Gasteiger partial charge >= 0.3 is 0 Å². The van der Waals surface area contributed by atoms with E-state index in [0.717, 1.165) is 36.7 Å². The predicted octanol–water partition coefficient (Wildman–Crippen LogP) is 2.93. The molecule has 1 amide bonds. The molecule has 6 nitrogen and oxygen atoms in total. The molecule has 1 N–H and O–H groups in total. The third-order valence-corrected chi connectivity index (χ3v) is 4.44. The van der Waals surface area contributed by atoms with Gasteiger partial charge in [0.05, 0.1) is 11.6 Å². The van der Waals surface area contributed by atoms with E-state index in [9.17, 15) is 4.79 Å². The summed E-state index contributed by atoms with van der Waals surface area (Å²) in [5, 5.41) is 7.41. The van der Waals surface area contributed by atoms with Crippen LogP contribution in [0.2, 0.25) is 0 Å². The lowest BCUT2D eigenvalue weighted by atomic mass is 10.1. The van der Waals surface area contributed by atoms with E-state index in [-0.39, 0.29) is 11.9 Å². The number of rotatable bonds is 4. The van der Waals surface area contributed by atoms with Crippen molar-refractivity contribution in [2.75, 3.05) is 11.9 Å². The summed E-state index contributed by atoms with van der Waals surface area (Å²) in [6.07, 6.45) is 5.98. The van der Waals surface area contributed by atoms with Gasteiger partial charge in [-0.25, -0.2) is 4.98 Å². The van der Waals surface area contributed by atoms with E-state index >= 15 is 0 Å². The van der Waals surface area contributed by atoms with Gasteiger partial charge in [0.1, 0.15) is 17.3 Å². The summed E-state index contributed by atoms with van der Waals surface area (Å²) in [7, 11) is 0. The zero-order valence-electron chi connectivity index (χ0n) is 13.2. The summed E-state index contributed by atoms with van der Waals surface area (Å²) in [6, 6.07) is 6.21. The van der Waals surface area contributed by atoms with Crippen LogP contribution in [0, 0.1) is 6.92 Å². The molecule has 23 heavy (non-hydrogen) atoms. The Bertz CT molecular complexity index is 706. The Morgan fingerprint density at radius 3 is 2.87 bits per heavy atom. The third-order valence-electron chi connectivity index (χ3n) is 4.44. The average Bonchev–Trinajstić information content (AvgIpc) is 3.07. The van der Waals surface area contributed by atoms with Gasteiger partial charge in [-0.15, -0.1) is 0 Å². The Morgan fingerprint density at radius 2 is 2.22 bits per heavy atom. The normalized spacial score (nSPS) is 20.7. The zero-order valence-corrected chi connectivity index (χ0v) is 13.2. The summed E-state index contributed by atoms with van der Waals surface area (Å²) in [5.41, 5.74) is 1.46. The molecular weight excluding hydrogens is 292 g/mol. The number of anilines is 1. The summed E-state index contributed by atoms with van der Waals surface area (Å²) < 4.78 is 5.16. The molecule has 1 saturated carbocycles. The Kier molecular flexibility index (Phi) is 3.52. The van der Waals surface area contributed by atoms with Crippen LogP contribution in [-0.2, 0) is 0 Å².